The molecule has 1 saturated heterocycles. The predicted molar refractivity (Wildman–Crippen MR) is 65.5 cm³/mol. The lowest BCUT2D eigenvalue weighted by Gasteiger charge is -2.32. The molecule has 2 aromatic heterocycles. The van der Waals surface area contributed by atoms with Crippen LogP contribution in [0.25, 0.3) is 5.82 Å². The molecule has 0 aliphatic carbocycles. The number of nitrogens with zero attached hydrogens (tertiary/aromatic N) is 5. The van der Waals surface area contributed by atoms with Crippen molar-refractivity contribution in [3.05, 3.63) is 30.9 Å². The first-order valence-electron chi connectivity index (χ1n) is 6.09. The maximum absolute atomic E-state index is 13.1. The minimum Gasteiger partial charge on any atom is -0.356 e. The molecular formula is C12H13F2N5. The van der Waals surface area contributed by atoms with Crippen molar-refractivity contribution >= 4 is 5.82 Å². The number of rotatable bonds is 2. The lowest BCUT2D eigenvalue weighted by molar-refractivity contribution is -0.0221. The van der Waals surface area contributed by atoms with Gasteiger partial charge in [-0.05, 0) is 6.07 Å². The van der Waals surface area contributed by atoms with Crippen LogP contribution in [0.3, 0.4) is 0 Å². The summed E-state index contributed by atoms with van der Waals surface area (Å²) in [6.07, 6.45) is 4.60. The second-order valence-corrected chi connectivity index (χ2v) is 4.53. The lowest BCUT2D eigenvalue weighted by atomic mass is 10.1. The minimum absolute atomic E-state index is 0.131. The molecule has 1 aliphatic heterocycles. The fourth-order valence-corrected chi connectivity index (χ4v) is 2.10. The Hall–Kier alpha value is -2.05. The van der Waals surface area contributed by atoms with Crippen molar-refractivity contribution in [1.82, 2.24) is 19.7 Å². The fourth-order valence-electron chi connectivity index (χ4n) is 2.10. The molecule has 1 aliphatic rings. The van der Waals surface area contributed by atoms with E-state index < -0.39 is 5.92 Å². The van der Waals surface area contributed by atoms with Crippen molar-refractivity contribution in [2.45, 2.75) is 18.8 Å². The molecule has 0 bridgehead atoms. The van der Waals surface area contributed by atoms with Gasteiger partial charge < -0.3 is 4.90 Å². The summed E-state index contributed by atoms with van der Waals surface area (Å²) in [6, 6.07) is 3.56. The summed E-state index contributed by atoms with van der Waals surface area (Å²) >= 11 is 0. The molecule has 0 atom stereocenters. The first kappa shape index (κ1) is 12.0. The molecule has 100 valence electrons. The molecule has 0 spiro atoms. The van der Waals surface area contributed by atoms with Crippen LogP contribution in [-0.4, -0.2) is 38.8 Å². The van der Waals surface area contributed by atoms with Crippen molar-refractivity contribution < 1.29 is 8.78 Å². The fraction of sp³-hybridized carbons (Fsp3) is 0.417. The molecule has 0 radical (unpaired) electrons. The molecule has 2 aromatic rings. The molecule has 7 heteroatoms. The number of aromatic nitrogens is 4. The Morgan fingerprint density at radius 1 is 1.11 bits per heavy atom. The standard InChI is InChI=1S/C12H13F2N5/c13-12(14)2-6-18(7-3-12)10-8-11(16-9-15-10)19-5-1-4-17-19/h1,4-5,8-9H,2-3,6-7H2. The molecule has 0 aromatic carbocycles. The minimum atomic E-state index is -2.55. The van der Waals surface area contributed by atoms with Gasteiger partial charge >= 0.3 is 0 Å². The Balaban J connectivity index is 1.81. The van der Waals surface area contributed by atoms with Gasteiger partial charge in [0.2, 0.25) is 0 Å². The molecule has 3 heterocycles. The third-order valence-electron chi connectivity index (χ3n) is 3.20. The zero-order chi connectivity index (χ0) is 13.3. The van der Waals surface area contributed by atoms with Gasteiger partial charge in [-0.3, -0.25) is 0 Å². The molecule has 5 nitrogen and oxygen atoms in total. The summed E-state index contributed by atoms with van der Waals surface area (Å²) in [6.45, 7) is 0.616. The Labute approximate surface area is 108 Å². The van der Waals surface area contributed by atoms with Crippen LogP contribution in [0.5, 0.6) is 0 Å². The van der Waals surface area contributed by atoms with E-state index in [2.05, 4.69) is 15.1 Å². The summed E-state index contributed by atoms with van der Waals surface area (Å²) in [5.74, 6) is -1.25. The van der Waals surface area contributed by atoms with Gasteiger partial charge in [-0.2, -0.15) is 5.10 Å². The van der Waals surface area contributed by atoms with Crippen LogP contribution >= 0.6 is 0 Å². The summed E-state index contributed by atoms with van der Waals surface area (Å²) < 4.78 is 27.9. The van der Waals surface area contributed by atoms with Crippen LogP contribution in [0.2, 0.25) is 0 Å². The van der Waals surface area contributed by atoms with Crippen molar-refractivity contribution in [2.75, 3.05) is 18.0 Å². The van der Waals surface area contributed by atoms with Gasteiger partial charge in [0, 0.05) is 44.4 Å². The van der Waals surface area contributed by atoms with Crippen molar-refractivity contribution in [3.63, 3.8) is 0 Å². The van der Waals surface area contributed by atoms with Crippen LogP contribution in [0, 0.1) is 0 Å². The number of halogens is 2. The summed E-state index contributed by atoms with van der Waals surface area (Å²) in [5.41, 5.74) is 0. The van der Waals surface area contributed by atoms with Gasteiger partial charge in [0.15, 0.2) is 5.82 Å². The predicted octanol–water partition coefficient (Wildman–Crippen LogP) is 1.90. The zero-order valence-electron chi connectivity index (χ0n) is 10.2. The average molecular weight is 265 g/mol. The molecule has 0 N–H and O–H groups in total. The van der Waals surface area contributed by atoms with E-state index in [0.717, 1.165) is 0 Å². The Kier molecular flexibility index (Phi) is 2.88. The van der Waals surface area contributed by atoms with Gasteiger partial charge in [-0.1, -0.05) is 0 Å². The van der Waals surface area contributed by atoms with E-state index in [9.17, 15) is 8.78 Å². The SMILES string of the molecule is FC1(F)CCN(c2cc(-n3cccn3)ncn2)CC1. The monoisotopic (exact) mass is 265 g/mol. The molecule has 19 heavy (non-hydrogen) atoms. The molecular weight excluding hydrogens is 252 g/mol. The topological polar surface area (TPSA) is 46.8 Å². The van der Waals surface area contributed by atoms with Crippen LogP contribution in [0.15, 0.2) is 30.9 Å². The van der Waals surface area contributed by atoms with Crippen LogP contribution in [-0.2, 0) is 0 Å². The molecule has 3 rings (SSSR count). The maximum atomic E-state index is 13.1. The highest BCUT2D eigenvalue weighted by molar-refractivity contribution is 5.43. The van der Waals surface area contributed by atoms with Gasteiger partial charge in [0.1, 0.15) is 12.1 Å². The van der Waals surface area contributed by atoms with Gasteiger partial charge in [-0.25, -0.2) is 23.4 Å². The number of hydrogen-bond donors (Lipinski definition) is 0. The smallest absolute Gasteiger partial charge is 0.251 e. The Bertz CT molecular complexity index is 545. The zero-order valence-corrected chi connectivity index (χ0v) is 10.2. The van der Waals surface area contributed by atoms with Gasteiger partial charge in [0.25, 0.3) is 5.92 Å². The Morgan fingerprint density at radius 3 is 2.53 bits per heavy atom. The summed E-state index contributed by atoms with van der Waals surface area (Å²) in [7, 11) is 0. The highest BCUT2D eigenvalue weighted by Gasteiger charge is 2.34. The van der Waals surface area contributed by atoms with Gasteiger partial charge in [-0.15, -0.1) is 0 Å². The van der Waals surface area contributed by atoms with Crippen molar-refractivity contribution in [3.8, 4) is 5.82 Å². The number of anilines is 1. The summed E-state index contributed by atoms with van der Waals surface area (Å²) in [5, 5.41) is 4.08. The third-order valence-corrected chi connectivity index (χ3v) is 3.20. The molecule has 0 amide bonds. The van der Waals surface area contributed by atoms with E-state index in [1.807, 2.05) is 4.90 Å². The van der Waals surface area contributed by atoms with Crippen LogP contribution in [0.1, 0.15) is 12.8 Å². The molecule has 0 unspecified atom stereocenters. The normalized spacial score (nSPS) is 18.5. The highest BCUT2D eigenvalue weighted by Crippen LogP contribution is 2.29. The average Bonchev–Trinajstić information content (AvgIpc) is 2.93. The first-order chi connectivity index (χ1) is 9.14. The number of alkyl halides is 2. The second-order valence-electron chi connectivity index (χ2n) is 4.53. The van der Waals surface area contributed by atoms with E-state index in [-0.39, 0.29) is 12.8 Å². The lowest BCUT2D eigenvalue weighted by Crippen LogP contribution is -2.39. The van der Waals surface area contributed by atoms with Gasteiger partial charge in [0.05, 0.1) is 0 Å². The summed E-state index contributed by atoms with van der Waals surface area (Å²) in [4.78, 5) is 10.1. The highest BCUT2D eigenvalue weighted by atomic mass is 19.3. The van der Waals surface area contributed by atoms with E-state index in [0.29, 0.717) is 24.7 Å². The van der Waals surface area contributed by atoms with E-state index in [1.54, 1.807) is 29.2 Å². The maximum Gasteiger partial charge on any atom is 0.251 e. The third kappa shape index (κ3) is 2.54. The van der Waals surface area contributed by atoms with Crippen LogP contribution in [0.4, 0.5) is 14.6 Å². The second kappa shape index (κ2) is 4.56. The first-order valence-corrected chi connectivity index (χ1v) is 6.09. The molecule has 1 fully saturated rings. The largest absolute Gasteiger partial charge is 0.356 e. The van der Waals surface area contributed by atoms with Crippen molar-refractivity contribution in [1.29, 1.82) is 0 Å². The van der Waals surface area contributed by atoms with E-state index in [4.69, 9.17) is 0 Å². The number of piperidine rings is 1. The van der Waals surface area contributed by atoms with E-state index in [1.165, 1.54) is 6.33 Å². The van der Waals surface area contributed by atoms with E-state index >= 15 is 0 Å². The molecule has 0 saturated carbocycles. The van der Waals surface area contributed by atoms with Crippen LogP contribution < -0.4 is 4.90 Å². The number of hydrogen-bond acceptors (Lipinski definition) is 4. The Morgan fingerprint density at radius 2 is 1.84 bits per heavy atom. The quantitative estimate of drug-likeness (QED) is 0.832. The van der Waals surface area contributed by atoms with Crippen molar-refractivity contribution in [2.24, 2.45) is 0 Å².